The fourth-order valence-electron chi connectivity index (χ4n) is 3.72. The fourth-order valence-corrected chi connectivity index (χ4v) is 4.43. The van der Waals surface area contributed by atoms with E-state index in [2.05, 4.69) is 17.9 Å². The number of carboxylic acids is 1. The van der Waals surface area contributed by atoms with E-state index in [4.69, 9.17) is 4.74 Å². The number of aliphatic carboxylic acids is 1. The Morgan fingerprint density at radius 3 is 2.49 bits per heavy atom. The zero-order chi connectivity index (χ0) is 26.2. The molecule has 1 heterocycles. The molecule has 9 nitrogen and oxygen atoms in total. The summed E-state index contributed by atoms with van der Waals surface area (Å²) in [4.78, 5) is 53.7. The number of hydrogen-bond donors (Lipinski definition) is 3. The highest BCUT2D eigenvalue weighted by atomic mass is 32.2. The number of thioether (sulfide) groups is 1. The number of ether oxygens (including phenoxy) is 1. The summed E-state index contributed by atoms with van der Waals surface area (Å²) in [5.41, 5.74) is 1.09. The summed E-state index contributed by atoms with van der Waals surface area (Å²) >= 11 is 5.68. The number of amides is 3. The summed E-state index contributed by atoms with van der Waals surface area (Å²) in [6, 6.07) is 5.56. The van der Waals surface area contributed by atoms with Gasteiger partial charge in [-0.15, -0.1) is 0 Å². The first-order chi connectivity index (χ1) is 16.5. The van der Waals surface area contributed by atoms with Crippen molar-refractivity contribution < 1.29 is 29.0 Å². The molecule has 0 bridgehead atoms. The van der Waals surface area contributed by atoms with Crippen molar-refractivity contribution in [2.45, 2.75) is 57.8 Å². The number of hydrogen-bond acceptors (Lipinski definition) is 7. The zero-order valence-electron chi connectivity index (χ0n) is 20.7. The van der Waals surface area contributed by atoms with Gasteiger partial charge in [0.25, 0.3) is 0 Å². The second-order valence-corrected chi connectivity index (χ2v) is 10.7. The summed E-state index contributed by atoms with van der Waals surface area (Å²) in [5.74, 6) is -1.18. The summed E-state index contributed by atoms with van der Waals surface area (Å²) in [6.07, 6.45) is 1.75. The van der Waals surface area contributed by atoms with Crippen molar-refractivity contribution in [1.82, 2.24) is 15.1 Å². The average Bonchev–Trinajstić information content (AvgIpc) is 2.79. The van der Waals surface area contributed by atoms with Gasteiger partial charge in [0.1, 0.15) is 24.2 Å². The zero-order valence-corrected chi connectivity index (χ0v) is 22.4. The Kier molecular flexibility index (Phi) is 10.8. The molecule has 0 aromatic heterocycles. The standard InChI is InChI=1S/C24H35N3O6S2/c1-24(2,3)33-23(32)26(10-11-34)15-20(28)27-14-17-8-6-5-7-16(17)13-19(27)21(29)25-18(22(30)31)9-12-35-4/h5-8,18-19,34H,9-15H2,1-4H3,(H,25,29)(H,30,31)/t18-,19-/m0/s1. The molecule has 3 amide bonds. The lowest BCUT2D eigenvalue weighted by atomic mass is 9.93. The minimum Gasteiger partial charge on any atom is -0.480 e. The highest BCUT2D eigenvalue weighted by Crippen LogP contribution is 2.24. The molecule has 1 aromatic rings. The molecule has 0 fully saturated rings. The van der Waals surface area contributed by atoms with Gasteiger partial charge in [0.15, 0.2) is 0 Å². The molecule has 0 saturated carbocycles. The Morgan fingerprint density at radius 2 is 1.91 bits per heavy atom. The molecular formula is C24H35N3O6S2. The van der Waals surface area contributed by atoms with Gasteiger partial charge in [0.2, 0.25) is 11.8 Å². The van der Waals surface area contributed by atoms with Crippen molar-refractivity contribution in [3.8, 4) is 0 Å². The second kappa shape index (κ2) is 13.1. The Bertz CT molecular complexity index is 921. The van der Waals surface area contributed by atoms with Gasteiger partial charge in [-0.3, -0.25) is 14.5 Å². The molecular weight excluding hydrogens is 490 g/mol. The van der Waals surface area contributed by atoms with Crippen molar-refractivity contribution in [3.63, 3.8) is 0 Å². The van der Waals surface area contributed by atoms with E-state index in [1.54, 1.807) is 20.8 Å². The van der Waals surface area contributed by atoms with Crippen LogP contribution < -0.4 is 5.32 Å². The molecule has 35 heavy (non-hydrogen) atoms. The monoisotopic (exact) mass is 525 g/mol. The quantitative estimate of drug-likeness (QED) is 0.402. The van der Waals surface area contributed by atoms with Crippen LogP contribution in [-0.4, -0.2) is 87.3 Å². The summed E-state index contributed by atoms with van der Waals surface area (Å²) in [5, 5.41) is 12.1. The van der Waals surface area contributed by atoms with Crippen LogP contribution in [0.2, 0.25) is 0 Å². The van der Waals surface area contributed by atoms with Gasteiger partial charge in [-0.25, -0.2) is 9.59 Å². The van der Waals surface area contributed by atoms with Crippen LogP contribution in [0.4, 0.5) is 4.79 Å². The Labute approximate surface area is 216 Å². The first kappa shape index (κ1) is 28.8. The van der Waals surface area contributed by atoms with E-state index in [-0.39, 0.29) is 32.5 Å². The highest BCUT2D eigenvalue weighted by molar-refractivity contribution is 7.98. The minimum atomic E-state index is -1.12. The summed E-state index contributed by atoms with van der Waals surface area (Å²) in [6.45, 7) is 5.31. The van der Waals surface area contributed by atoms with Crippen molar-refractivity contribution in [2.75, 3.05) is 30.9 Å². The molecule has 2 N–H and O–H groups in total. The van der Waals surface area contributed by atoms with E-state index in [9.17, 15) is 24.3 Å². The number of fused-ring (bicyclic) bond motifs is 1. The van der Waals surface area contributed by atoms with E-state index in [0.717, 1.165) is 11.1 Å². The third-order valence-corrected chi connectivity index (χ3v) is 6.29. The molecule has 1 aliphatic rings. The predicted molar refractivity (Wildman–Crippen MR) is 139 cm³/mol. The summed E-state index contributed by atoms with van der Waals surface area (Å²) < 4.78 is 5.42. The van der Waals surface area contributed by atoms with E-state index in [0.29, 0.717) is 11.5 Å². The Hall–Kier alpha value is -2.40. The number of nitrogens with zero attached hydrogens (tertiary/aromatic N) is 2. The number of carbonyl (C=O) groups is 4. The smallest absolute Gasteiger partial charge is 0.410 e. The maximum Gasteiger partial charge on any atom is 0.410 e. The number of nitrogens with one attached hydrogen (secondary N) is 1. The third-order valence-electron chi connectivity index (χ3n) is 5.44. The first-order valence-corrected chi connectivity index (χ1v) is 13.5. The third kappa shape index (κ3) is 8.64. The molecule has 0 spiro atoms. The van der Waals surface area contributed by atoms with Crippen molar-refractivity contribution in [1.29, 1.82) is 0 Å². The first-order valence-electron chi connectivity index (χ1n) is 11.4. The van der Waals surface area contributed by atoms with Gasteiger partial charge in [0, 0.05) is 25.3 Å². The predicted octanol–water partition coefficient (Wildman–Crippen LogP) is 2.43. The molecule has 194 valence electrons. The van der Waals surface area contributed by atoms with Gasteiger partial charge < -0.3 is 20.1 Å². The Balaban J connectivity index is 2.27. The van der Waals surface area contributed by atoms with Crippen molar-refractivity contribution >= 4 is 48.3 Å². The number of rotatable bonds is 10. The van der Waals surface area contributed by atoms with Crippen LogP contribution in [-0.2, 0) is 32.1 Å². The molecule has 11 heteroatoms. The summed E-state index contributed by atoms with van der Waals surface area (Å²) in [7, 11) is 0. The van der Waals surface area contributed by atoms with E-state index in [1.807, 2.05) is 30.5 Å². The largest absolute Gasteiger partial charge is 0.480 e. The number of carboxylic acid groups (broad SMARTS) is 1. The normalized spacial score (nSPS) is 16.1. The van der Waals surface area contributed by atoms with Gasteiger partial charge in [-0.1, -0.05) is 24.3 Å². The minimum absolute atomic E-state index is 0.179. The number of thiol groups is 1. The molecule has 1 aliphatic heterocycles. The van der Waals surface area contributed by atoms with Crippen molar-refractivity contribution in [2.24, 2.45) is 0 Å². The van der Waals surface area contributed by atoms with Crippen LogP contribution in [0.3, 0.4) is 0 Å². The molecule has 1 aromatic carbocycles. The van der Waals surface area contributed by atoms with Gasteiger partial charge in [-0.2, -0.15) is 24.4 Å². The lowest BCUT2D eigenvalue weighted by Gasteiger charge is -2.37. The average molecular weight is 526 g/mol. The number of benzene rings is 1. The fraction of sp³-hybridized carbons (Fsp3) is 0.583. The van der Waals surface area contributed by atoms with E-state index < -0.39 is 41.6 Å². The molecule has 0 aliphatic carbocycles. The lowest BCUT2D eigenvalue weighted by Crippen LogP contribution is -2.57. The second-order valence-electron chi connectivity index (χ2n) is 9.32. The van der Waals surface area contributed by atoms with Crippen LogP contribution >= 0.6 is 24.4 Å². The molecule has 2 atom stereocenters. The van der Waals surface area contributed by atoms with Crippen molar-refractivity contribution in [3.05, 3.63) is 35.4 Å². The topological polar surface area (TPSA) is 116 Å². The highest BCUT2D eigenvalue weighted by Gasteiger charge is 2.37. The van der Waals surface area contributed by atoms with Crippen LogP contribution in [0.25, 0.3) is 0 Å². The lowest BCUT2D eigenvalue weighted by molar-refractivity contribution is -0.146. The van der Waals surface area contributed by atoms with Gasteiger partial charge >= 0.3 is 12.1 Å². The molecule has 2 rings (SSSR count). The van der Waals surface area contributed by atoms with E-state index in [1.165, 1.54) is 21.6 Å². The van der Waals surface area contributed by atoms with E-state index >= 15 is 0 Å². The maximum atomic E-state index is 13.4. The Morgan fingerprint density at radius 1 is 1.26 bits per heavy atom. The molecule has 0 unspecified atom stereocenters. The van der Waals surface area contributed by atoms with Crippen LogP contribution in [0.1, 0.15) is 38.3 Å². The van der Waals surface area contributed by atoms with Crippen LogP contribution in [0.15, 0.2) is 24.3 Å². The van der Waals surface area contributed by atoms with Gasteiger partial charge in [-0.05, 0) is 50.3 Å². The van der Waals surface area contributed by atoms with Gasteiger partial charge in [0.05, 0.1) is 0 Å². The molecule has 0 radical (unpaired) electrons. The SMILES string of the molecule is CSCC[C@H](NC(=O)[C@@H]1Cc2ccccc2CN1C(=O)CN(CCS)C(=O)OC(C)(C)C)C(=O)O. The van der Waals surface area contributed by atoms with Crippen LogP contribution in [0.5, 0.6) is 0 Å². The van der Waals surface area contributed by atoms with Crippen LogP contribution in [0, 0.1) is 0 Å². The number of carbonyl (C=O) groups excluding carboxylic acids is 3. The maximum absolute atomic E-state index is 13.4. The molecule has 0 saturated heterocycles.